The van der Waals surface area contributed by atoms with Crippen molar-refractivity contribution in [1.29, 1.82) is 0 Å². The highest BCUT2D eigenvalue weighted by atomic mass is 16.5. The lowest BCUT2D eigenvalue weighted by molar-refractivity contribution is -0.123. The van der Waals surface area contributed by atoms with Crippen molar-refractivity contribution in [3.63, 3.8) is 0 Å². The van der Waals surface area contributed by atoms with E-state index in [0.29, 0.717) is 16.5 Å². The molecule has 0 fully saturated rings. The molecule has 0 saturated heterocycles. The molecule has 0 unspecified atom stereocenters. The zero-order valence-corrected chi connectivity index (χ0v) is 16.1. The van der Waals surface area contributed by atoms with Gasteiger partial charge in [-0.05, 0) is 44.9 Å². The van der Waals surface area contributed by atoms with E-state index in [1.807, 2.05) is 32.9 Å². The summed E-state index contributed by atoms with van der Waals surface area (Å²) >= 11 is 0. The van der Waals surface area contributed by atoms with Crippen molar-refractivity contribution >= 4 is 28.3 Å². The molecular weight excluding hydrogens is 358 g/mol. The minimum absolute atomic E-state index is 0.0439. The summed E-state index contributed by atoms with van der Waals surface area (Å²) in [5.41, 5.74) is 3.21. The average molecular weight is 379 g/mol. The number of carbonyl (C=O) groups excluding carboxylic acids is 2. The number of fused-ring (bicyclic) bond motifs is 1. The molecule has 3 aromatic rings. The first-order valence-corrected chi connectivity index (χ1v) is 8.85. The van der Waals surface area contributed by atoms with E-state index >= 15 is 0 Å². The minimum atomic E-state index is -1.04. The Morgan fingerprint density at radius 2 is 1.68 bits per heavy atom. The van der Waals surface area contributed by atoms with Crippen LogP contribution in [0.3, 0.4) is 0 Å². The molecule has 7 heteroatoms. The van der Waals surface area contributed by atoms with Gasteiger partial charge in [0.05, 0.1) is 5.39 Å². The zero-order chi connectivity index (χ0) is 20.4. The van der Waals surface area contributed by atoms with Crippen LogP contribution in [-0.4, -0.2) is 28.2 Å². The van der Waals surface area contributed by atoms with E-state index in [2.05, 4.69) is 15.5 Å². The summed E-state index contributed by atoms with van der Waals surface area (Å²) in [6, 6.07) is 10.5. The monoisotopic (exact) mass is 379 g/mol. The van der Waals surface area contributed by atoms with Crippen LogP contribution in [0.5, 0.6) is 0 Å². The third kappa shape index (κ3) is 3.78. The van der Waals surface area contributed by atoms with Crippen LogP contribution in [0.1, 0.15) is 34.1 Å². The van der Waals surface area contributed by atoms with E-state index in [0.717, 1.165) is 16.7 Å². The van der Waals surface area contributed by atoms with Crippen molar-refractivity contribution < 1.29 is 14.3 Å². The summed E-state index contributed by atoms with van der Waals surface area (Å²) in [4.78, 5) is 36.9. The summed E-state index contributed by atoms with van der Waals surface area (Å²) in [7, 11) is 0. The fourth-order valence-electron chi connectivity index (χ4n) is 3.14. The van der Waals surface area contributed by atoms with Gasteiger partial charge < -0.3 is 10.1 Å². The molecule has 0 radical (unpaired) electrons. The fraction of sp³-hybridized carbons (Fsp3) is 0.238. The van der Waals surface area contributed by atoms with E-state index in [-0.39, 0.29) is 5.69 Å². The summed E-state index contributed by atoms with van der Waals surface area (Å²) in [5.74, 6) is -1.23. The van der Waals surface area contributed by atoms with Crippen molar-refractivity contribution in [3.8, 4) is 0 Å². The second-order valence-electron chi connectivity index (χ2n) is 6.76. The Bertz CT molecular complexity index is 1110. The number of amides is 1. The Labute approximate surface area is 161 Å². The van der Waals surface area contributed by atoms with E-state index in [9.17, 15) is 14.4 Å². The first kappa shape index (κ1) is 19.3. The summed E-state index contributed by atoms with van der Waals surface area (Å²) < 4.78 is 5.29. The van der Waals surface area contributed by atoms with Crippen molar-refractivity contribution in [1.82, 2.24) is 10.2 Å². The molecule has 1 heterocycles. The largest absolute Gasteiger partial charge is 0.448 e. The lowest BCUT2D eigenvalue weighted by Gasteiger charge is -2.17. The highest BCUT2D eigenvalue weighted by Gasteiger charge is 2.23. The lowest BCUT2D eigenvalue weighted by atomic mass is 10.0. The molecule has 7 nitrogen and oxygen atoms in total. The molecule has 1 amide bonds. The summed E-state index contributed by atoms with van der Waals surface area (Å²) in [6.07, 6.45) is -1.04. The number of aryl methyl sites for hydroxylation is 3. The van der Waals surface area contributed by atoms with Gasteiger partial charge >= 0.3 is 5.97 Å². The maximum Gasteiger partial charge on any atom is 0.360 e. The summed E-state index contributed by atoms with van der Waals surface area (Å²) in [5, 5.41) is 9.59. The van der Waals surface area contributed by atoms with Crippen molar-refractivity contribution in [2.75, 3.05) is 5.32 Å². The number of H-pyrrole nitrogens is 1. The van der Waals surface area contributed by atoms with Gasteiger partial charge in [-0.25, -0.2) is 9.89 Å². The van der Waals surface area contributed by atoms with Gasteiger partial charge in [-0.1, -0.05) is 35.9 Å². The van der Waals surface area contributed by atoms with Gasteiger partial charge in [0, 0.05) is 11.1 Å². The summed E-state index contributed by atoms with van der Waals surface area (Å²) in [6.45, 7) is 7.28. The Hall–Kier alpha value is -3.48. The Balaban J connectivity index is 1.79. The van der Waals surface area contributed by atoms with E-state index in [4.69, 9.17) is 4.74 Å². The Kier molecular flexibility index (Phi) is 5.26. The first-order chi connectivity index (χ1) is 13.3. The number of carbonyl (C=O) groups is 2. The maximum atomic E-state index is 12.5. The molecule has 2 N–H and O–H groups in total. The predicted molar refractivity (Wildman–Crippen MR) is 107 cm³/mol. The number of rotatable bonds is 4. The van der Waals surface area contributed by atoms with Gasteiger partial charge in [0.15, 0.2) is 11.8 Å². The zero-order valence-electron chi connectivity index (χ0n) is 16.1. The molecule has 0 spiro atoms. The first-order valence-electron chi connectivity index (χ1n) is 8.85. The molecule has 0 aliphatic carbocycles. The van der Waals surface area contributed by atoms with Crippen LogP contribution in [0.25, 0.3) is 10.8 Å². The Morgan fingerprint density at radius 3 is 2.32 bits per heavy atom. The maximum absolute atomic E-state index is 12.5. The molecule has 2 aromatic carbocycles. The number of benzene rings is 2. The third-order valence-electron chi connectivity index (χ3n) is 4.47. The number of aromatic nitrogens is 2. The van der Waals surface area contributed by atoms with E-state index in [1.165, 1.54) is 6.92 Å². The number of anilines is 1. The smallest absolute Gasteiger partial charge is 0.360 e. The fourth-order valence-corrected chi connectivity index (χ4v) is 3.14. The topological polar surface area (TPSA) is 101 Å². The molecule has 0 aliphatic rings. The average Bonchev–Trinajstić information content (AvgIpc) is 2.64. The molecular formula is C21H21N3O4. The molecule has 0 aliphatic heterocycles. The minimum Gasteiger partial charge on any atom is -0.448 e. The van der Waals surface area contributed by atoms with E-state index < -0.39 is 23.5 Å². The van der Waals surface area contributed by atoms with Crippen LogP contribution in [-0.2, 0) is 9.53 Å². The normalized spacial score (nSPS) is 11.9. The standard InChI is InChI=1S/C21H21N3O4/c1-11-9-12(2)17(13(3)10-11)22-19(25)14(4)28-21(27)18-15-7-5-6-8-16(15)20(26)24-23-18/h5-10,14H,1-4H3,(H,22,25)(H,24,26)/t14-/m0/s1. The third-order valence-corrected chi connectivity index (χ3v) is 4.47. The molecule has 0 bridgehead atoms. The molecule has 1 aromatic heterocycles. The Morgan fingerprint density at radius 1 is 1.07 bits per heavy atom. The number of esters is 1. The lowest BCUT2D eigenvalue weighted by Crippen LogP contribution is -2.31. The van der Waals surface area contributed by atoms with Crippen LogP contribution in [0.4, 0.5) is 5.69 Å². The van der Waals surface area contributed by atoms with Crippen LogP contribution in [0.2, 0.25) is 0 Å². The predicted octanol–water partition coefficient (Wildman–Crippen LogP) is 3.03. The molecule has 3 rings (SSSR count). The van der Waals surface area contributed by atoms with Gasteiger partial charge in [-0.3, -0.25) is 9.59 Å². The number of nitrogens with zero attached hydrogens (tertiary/aromatic N) is 1. The van der Waals surface area contributed by atoms with Gasteiger partial charge in [0.25, 0.3) is 11.5 Å². The number of nitrogens with one attached hydrogen (secondary N) is 2. The number of hydrogen-bond donors (Lipinski definition) is 2. The number of hydrogen-bond acceptors (Lipinski definition) is 5. The molecule has 1 atom stereocenters. The highest BCUT2D eigenvalue weighted by molar-refractivity contribution is 6.03. The quantitative estimate of drug-likeness (QED) is 0.679. The van der Waals surface area contributed by atoms with Crippen molar-refractivity contribution in [3.05, 3.63) is 69.1 Å². The second-order valence-corrected chi connectivity index (χ2v) is 6.76. The van der Waals surface area contributed by atoms with Crippen molar-refractivity contribution in [2.45, 2.75) is 33.8 Å². The van der Waals surface area contributed by atoms with Crippen LogP contribution < -0.4 is 10.9 Å². The van der Waals surface area contributed by atoms with Crippen LogP contribution in [0.15, 0.2) is 41.2 Å². The van der Waals surface area contributed by atoms with Gasteiger partial charge in [-0.15, -0.1) is 0 Å². The molecule has 28 heavy (non-hydrogen) atoms. The van der Waals surface area contributed by atoms with Crippen LogP contribution in [0, 0.1) is 20.8 Å². The highest BCUT2D eigenvalue weighted by Crippen LogP contribution is 2.22. The van der Waals surface area contributed by atoms with Gasteiger partial charge in [0.2, 0.25) is 0 Å². The molecule has 0 saturated carbocycles. The number of aromatic amines is 1. The van der Waals surface area contributed by atoms with Gasteiger partial charge in [0.1, 0.15) is 0 Å². The van der Waals surface area contributed by atoms with E-state index in [1.54, 1.807) is 24.3 Å². The second kappa shape index (κ2) is 7.64. The van der Waals surface area contributed by atoms with Crippen LogP contribution >= 0.6 is 0 Å². The van der Waals surface area contributed by atoms with Crippen molar-refractivity contribution in [2.24, 2.45) is 0 Å². The molecule has 144 valence electrons. The number of ether oxygens (including phenoxy) is 1. The van der Waals surface area contributed by atoms with Gasteiger partial charge in [-0.2, -0.15) is 5.10 Å². The SMILES string of the molecule is Cc1cc(C)c(NC(=O)[C@H](C)OC(=O)c2n[nH]c(=O)c3ccccc23)c(C)c1.